The summed E-state index contributed by atoms with van der Waals surface area (Å²) in [4.78, 5) is 16.2. The van der Waals surface area contributed by atoms with Gasteiger partial charge in [0.25, 0.3) is 0 Å². The zero-order valence-electron chi connectivity index (χ0n) is 15.4. The molecule has 1 atom stereocenters. The molecule has 27 heavy (non-hydrogen) atoms. The number of thioether (sulfide) groups is 1. The second-order valence-corrected chi connectivity index (χ2v) is 7.62. The number of aryl methyl sites for hydroxylation is 1. The van der Waals surface area contributed by atoms with Crippen LogP contribution in [0.4, 0.5) is 0 Å². The first kappa shape index (κ1) is 17.6. The third kappa shape index (κ3) is 3.08. The molecule has 0 saturated carbocycles. The minimum Gasteiger partial charge on any atom is -0.469 e. The van der Waals surface area contributed by atoms with Crippen LogP contribution in [-0.2, 0) is 6.54 Å². The summed E-state index contributed by atoms with van der Waals surface area (Å²) in [6.45, 7) is 6.56. The molecule has 6 nitrogen and oxygen atoms in total. The van der Waals surface area contributed by atoms with Crippen molar-refractivity contribution in [1.82, 2.24) is 19.7 Å². The number of fused-ring (bicyclic) bond motifs is 1. The lowest BCUT2D eigenvalue weighted by molar-refractivity contribution is 0.0995. The fourth-order valence-electron chi connectivity index (χ4n) is 3.18. The molecule has 0 aliphatic heterocycles. The molecule has 3 aromatic heterocycles. The van der Waals surface area contributed by atoms with Crippen LogP contribution in [0.3, 0.4) is 0 Å². The number of rotatable bonds is 6. The Hall–Kier alpha value is -2.80. The van der Waals surface area contributed by atoms with Crippen LogP contribution in [0, 0.1) is 6.92 Å². The molecule has 0 unspecified atom stereocenters. The first-order valence-electron chi connectivity index (χ1n) is 8.84. The van der Waals surface area contributed by atoms with Crippen LogP contribution in [0.2, 0.25) is 0 Å². The number of aromatic nitrogens is 4. The molecular weight excluding hydrogens is 360 g/mol. The number of nitrogens with zero attached hydrogens (tertiary/aromatic N) is 3. The highest BCUT2D eigenvalue weighted by atomic mass is 32.2. The van der Waals surface area contributed by atoms with Gasteiger partial charge in [-0.25, -0.2) is 0 Å². The first-order valence-corrected chi connectivity index (χ1v) is 9.72. The van der Waals surface area contributed by atoms with E-state index < -0.39 is 0 Å². The predicted octanol–water partition coefficient (Wildman–Crippen LogP) is 4.71. The summed E-state index contributed by atoms with van der Waals surface area (Å²) in [5.74, 6) is 1.64. The second kappa shape index (κ2) is 7.08. The first-order chi connectivity index (χ1) is 13.1. The third-order valence-corrected chi connectivity index (χ3v) is 5.72. The van der Waals surface area contributed by atoms with Crippen LogP contribution in [0.15, 0.2) is 52.4 Å². The number of aromatic amines is 1. The summed E-state index contributed by atoms with van der Waals surface area (Å²) < 4.78 is 7.41. The molecule has 0 amide bonds. The van der Waals surface area contributed by atoms with E-state index in [1.54, 1.807) is 12.5 Å². The number of furan rings is 1. The van der Waals surface area contributed by atoms with Gasteiger partial charge in [0.1, 0.15) is 5.76 Å². The molecule has 0 radical (unpaired) electrons. The molecule has 1 N–H and O–H groups in total. The van der Waals surface area contributed by atoms with Gasteiger partial charge in [-0.05, 0) is 32.9 Å². The average molecular weight is 380 g/mol. The van der Waals surface area contributed by atoms with Gasteiger partial charge in [-0.1, -0.05) is 30.0 Å². The lowest BCUT2D eigenvalue weighted by Gasteiger charge is -2.11. The van der Waals surface area contributed by atoms with E-state index in [-0.39, 0.29) is 11.0 Å². The fraction of sp³-hybridized carbons (Fsp3) is 0.250. The Morgan fingerprint density at radius 2 is 2.11 bits per heavy atom. The van der Waals surface area contributed by atoms with E-state index >= 15 is 0 Å². The summed E-state index contributed by atoms with van der Waals surface area (Å²) in [5.41, 5.74) is 2.60. The van der Waals surface area contributed by atoms with Gasteiger partial charge in [0, 0.05) is 29.2 Å². The molecule has 4 rings (SSSR count). The molecule has 0 aliphatic rings. The molecular formula is C20H20N4O2S. The topological polar surface area (TPSA) is 76.7 Å². The van der Waals surface area contributed by atoms with Gasteiger partial charge < -0.3 is 14.0 Å². The van der Waals surface area contributed by atoms with Crippen molar-refractivity contribution in [3.63, 3.8) is 0 Å². The normalized spacial score (nSPS) is 12.6. The third-order valence-electron chi connectivity index (χ3n) is 4.64. The van der Waals surface area contributed by atoms with E-state index in [4.69, 9.17) is 4.42 Å². The molecule has 1 aromatic carbocycles. The van der Waals surface area contributed by atoms with Crippen molar-refractivity contribution in [3.8, 4) is 11.4 Å². The van der Waals surface area contributed by atoms with Crippen LogP contribution >= 0.6 is 11.8 Å². The minimum atomic E-state index is -0.281. The van der Waals surface area contributed by atoms with Gasteiger partial charge in [0.15, 0.2) is 16.8 Å². The van der Waals surface area contributed by atoms with E-state index in [0.717, 1.165) is 33.2 Å². The summed E-state index contributed by atoms with van der Waals surface area (Å²) in [6, 6.07) is 9.72. The van der Waals surface area contributed by atoms with Crippen LogP contribution in [0.1, 0.15) is 30.0 Å². The lowest BCUT2D eigenvalue weighted by Crippen LogP contribution is -2.14. The highest BCUT2D eigenvalue weighted by Gasteiger charge is 2.24. The molecule has 4 aromatic rings. The zero-order chi connectivity index (χ0) is 19.0. The van der Waals surface area contributed by atoms with Crippen molar-refractivity contribution in [3.05, 3.63) is 54.1 Å². The van der Waals surface area contributed by atoms with E-state index in [2.05, 4.69) is 15.2 Å². The second-order valence-electron chi connectivity index (χ2n) is 6.31. The van der Waals surface area contributed by atoms with Gasteiger partial charge in [-0.15, -0.1) is 10.2 Å². The van der Waals surface area contributed by atoms with Crippen molar-refractivity contribution >= 4 is 28.4 Å². The summed E-state index contributed by atoms with van der Waals surface area (Å²) in [6.07, 6.45) is 3.43. The van der Waals surface area contributed by atoms with E-state index in [1.165, 1.54) is 11.8 Å². The monoisotopic (exact) mass is 380 g/mol. The zero-order valence-corrected chi connectivity index (χ0v) is 16.2. The number of nitrogens with one attached hydrogen (secondary N) is 1. The van der Waals surface area contributed by atoms with Gasteiger partial charge in [-0.2, -0.15) is 0 Å². The number of benzene rings is 1. The number of carbonyl (C=O) groups excluding carboxylic acids is 1. The maximum atomic E-state index is 13.0. The Balaban J connectivity index is 1.61. The van der Waals surface area contributed by atoms with Crippen LogP contribution in [-0.4, -0.2) is 30.8 Å². The highest BCUT2D eigenvalue weighted by molar-refractivity contribution is 8.00. The lowest BCUT2D eigenvalue weighted by atomic mass is 10.1. The highest BCUT2D eigenvalue weighted by Crippen LogP contribution is 2.31. The molecule has 138 valence electrons. The van der Waals surface area contributed by atoms with E-state index in [9.17, 15) is 4.79 Å². The quantitative estimate of drug-likeness (QED) is 0.387. The van der Waals surface area contributed by atoms with Crippen molar-refractivity contribution in [2.24, 2.45) is 0 Å². The molecule has 0 saturated heterocycles. The number of Topliss-reactive ketones (excluding diaryl/α,β-unsaturated/α-hetero) is 1. The Morgan fingerprint density at radius 3 is 2.85 bits per heavy atom. The van der Waals surface area contributed by atoms with Crippen molar-refractivity contribution in [2.45, 2.75) is 37.7 Å². The Labute approximate surface area is 161 Å². The fourth-order valence-corrected chi connectivity index (χ4v) is 4.16. The molecule has 0 spiro atoms. The van der Waals surface area contributed by atoms with Crippen LogP contribution in [0.5, 0.6) is 0 Å². The standard InChI is InChI=1S/C20H20N4O2S/c1-4-24-19(14-9-10-26-12(14)2)22-23-20(24)27-13(3)18(25)16-11-21-17-8-6-5-7-15(16)17/h5-11,13,21H,4H2,1-3H3/t13-/m0/s1. The molecule has 0 bridgehead atoms. The van der Waals surface area contributed by atoms with Crippen LogP contribution < -0.4 is 0 Å². The number of hydrogen-bond acceptors (Lipinski definition) is 5. The number of para-hydroxylation sites is 1. The van der Waals surface area contributed by atoms with Gasteiger partial charge in [-0.3, -0.25) is 4.79 Å². The van der Waals surface area contributed by atoms with Crippen molar-refractivity contribution < 1.29 is 9.21 Å². The van der Waals surface area contributed by atoms with E-state index in [0.29, 0.717) is 12.1 Å². The molecule has 0 aliphatic carbocycles. The number of ketones is 1. The number of H-pyrrole nitrogens is 1. The summed E-state index contributed by atoms with van der Waals surface area (Å²) in [5, 5.41) is 10.1. The van der Waals surface area contributed by atoms with Crippen molar-refractivity contribution in [2.75, 3.05) is 0 Å². The smallest absolute Gasteiger partial charge is 0.192 e. The van der Waals surface area contributed by atoms with E-state index in [1.807, 2.05) is 55.7 Å². The van der Waals surface area contributed by atoms with Gasteiger partial charge >= 0.3 is 0 Å². The Kier molecular flexibility index (Phi) is 4.61. The average Bonchev–Trinajstić information content (AvgIpc) is 3.38. The largest absolute Gasteiger partial charge is 0.469 e. The predicted molar refractivity (Wildman–Crippen MR) is 106 cm³/mol. The number of carbonyl (C=O) groups is 1. The maximum Gasteiger partial charge on any atom is 0.192 e. The minimum absolute atomic E-state index is 0.0733. The SMILES string of the molecule is CCn1c(S[C@@H](C)C(=O)c2c[nH]c3ccccc23)nnc1-c1ccoc1C. The summed E-state index contributed by atoms with van der Waals surface area (Å²) >= 11 is 1.43. The Bertz CT molecular complexity index is 1110. The van der Waals surface area contributed by atoms with Gasteiger partial charge in [0.05, 0.1) is 17.1 Å². The maximum absolute atomic E-state index is 13.0. The molecule has 0 fully saturated rings. The van der Waals surface area contributed by atoms with Gasteiger partial charge in [0.2, 0.25) is 0 Å². The summed E-state index contributed by atoms with van der Waals surface area (Å²) in [7, 11) is 0. The van der Waals surface area contributed by atoms with Crippen molar-refractivity contribution in [1.29, 1.82) is 0 Å². The molecule has 7 heteroatoms. The number of hydrogen-bond donors (Lipinski definition) is 1. The van der Waals surface area contributed by atoms with Crippen LogP contribution in [0.25, 0.3) is 22.3 Å². The Morgan fingerprint density at radius 1 is 1.30 bits per heavy atom. The molecule has 3 heterocycles.